The molecule has 0 N–H and O–H groups in total. The predicted octanol–water partition coefficient (Wildman–Crippen LogP) is 3.67. The number of carbonyl (C=O) groups is 1. The lowest BCUT2D eigenvalue weighted by Gasteiger charge is -2.18. The minimum absolute atomic E-state index is 0.0738. The maximum atomic E-state index is 12.6. The molecule has 30 heavy (non-hydrogen) atoms. The lowest BCUT2D eigenvalue weighted by atomic mass is 10.1. The average Bonchev–Trinajstić information content (AvgIpc) is 3.14. The van der Waals surface area contributed by atoms with Crippen molar-refractivity contribution in [3.8, 4) is 11.5 Å². The van der Waals surface area contributed by atoms with E-state index in [4.69, 9.17) is 4.74 Å². The van der Waals surface area contributed by atoms with Crippen LogP contribution in [0.1, 0.15) is 24.1 Å². The van der Waals surface area contributed by atoms with Crippen molar-refractivity contribution >= 4 is 21.8 Å². The Morgan fingerprint density at radius 3 is 2.77 bits per heavy atom. The Balaban J connectivity index is 1.57. The Morgan fingerprint density at radius 1 is 1.30 bits per heavy atom. The molecule has 1 aromatic heterocycles. The van der Waals surface area contributed by atoms with E-state index in [9.17, 15) is 18.4 Å². The first-order valence-electron chi connectivity index (χ1n) is 9.58. The standard InChI is InChI=1S/C21H23BrF2N2O4/c1-13-9-17(11-20(28)25(13)2)29-16-7-8-26(12-16)19(27)6-3-14-10-15(22)4-5-18(14)30-21(23)24/h4-5,9-11,16,21H,3,6-8,12H2,1-2H3. The van der Waals surface area contributed by atoms with E-state index >= 15 is 0 Å². The quantitative estimate of drug-likeness (QED) is 0.601. The van der Waals surface area contributed by atoms with Gasteiger partial charge in [0.2, 0.25) is 5.91 Å². The van der Waals surface area contributed by atoms with Crippen LogP contribution in [0.2, 0.25) is 0 Å². The molecule has 0 saturated carbocycles. The van der Waals surface area contributed by atoms with E-state index in [0.717, 1.165) is 10.2 Å². The summed E-state index contributed by atoms with van der Waals surface area (Å²) in [6.07, 6.45) is 0.935. The van der Waals surface area contributed by atoms with Crippen LogP contribution in [0.5, 0.6) is 11.5 Å². The second-order valence-corrected chi connectivity index (χ2v) is 8.14. The normalized spacial score (nSPS) is 16.2. The summed E-state index contributed by atoms with van der Waals surface area (Å²) in [6.45, 7) is -0.124. The predicted molar refractivity (Wildman–Crippen MR) is 111 cm³/mol. The molecule has 1 aromatic carbocycles. The van der Waals surface area contributed by atoms with Crippen LogP contribution in [0, 0.1) is 6.92 Å². The van der Waals surface area contributed by atoms with Crippen LogP contribution in [0.25, 0.3) is 0 Å². The summed E-state index contributed by atoms with van der Waals surface area (Å²) >= 11 is 3.31. The molecule has 0 aliphatic carbocycles. The summed E-state index contributed by atoms with van der Waals surface area (Å²) < 4.78 is 37.9. The van der Waals surface area contributed by atoms with E-state index in [2.05, 4.69) is 20.7 Å². The Morgan fingerprint density at radius 2 is 2.07 bits per heavy atom. The van der Waals surface area contributed by atoms with Gasteiger partial charge in [-0.2, -0.15) is 8.78 Å². The van der Waals surface area contributed by atoms with Crippen LogP contribution in [0.15, 0.2) is 39.6 Å². The Bertz CT molecular complexity index is 980. The average molecular weight is 485 g/mol. The van der Waals surface area contributed by atoms with Crippen molar-refractivity contribution < 1.29 is 23.0 Å². The molecule has 3 rings (SSSR count). The summed E-state index contributed by atoms with van der Waals surface area (Å²) in [6, 6.07) is 7.99. The van der Waals surface area contributed by atoms with Crippen LogP contribution >= 0.6 is 15.9 Å². The summed E-state index contributed by atoms with van der Waals surface area (Å²) in [4.78, 5) is 26.2. The highest BCUT2D eigenvalue weighted by Crippen LogP contribution is 2.27. The van der Waals surface area contributed by atoms with Gasteiger partial charge in [-0.1, -0.05) is 15.9 Å². The van der Waals surface area contributed by atoms with Crippen LogP contribution in [-0.4, -0.2) is 41.2 Å². The van der Waals surface area contributed by atoms with Crippen molar-refractivity contribution in [1.29, 1.82) is 0 Å². The Kier molecular flexibility index (Phi) is 7.12. The van der Waals surface area contributed by atoms with Gasteiger partial charge in [-0.3, -0.25) is 9.59 Å². The highest BCUT2D eigenvalue weighted by atomic mass is 79.9. The van der Waals surface area contributed by atoms with Gasteiger partial charge in [0.1, 0.15) is 17.6 Å². The molecule has 2 aromatic rings. The number of aromatic nitrogens is 1. The van der Waals surface area contributed by atoms with E-state index in [-0.39, 0.29) is 36.2 Å². The monoisotopic (exact) mass is 484 g/mol. The number of pyridine rings is 1. The molecule has 162 valence electrons. The van der Waals surface area contributed by atoms with Gasteiger partial charge in [0.15, 0.2) is 0 Å². The fourth-order valence-electron chi connectivity index (χ4n) is 3.40. The van der Waals surface area contributed by atoms with Gasteiger partial charge in [-0.05, 0) is 43.2 Å². The van der Waals surface area contributed by atoms with Crippen molar-refractivity contribution in [3.05, 3.63) is 56.4 Å². The number of likely N-dealkylation sites (tertiary alicyclic amines) is 1. The lowest BCUT2D eigenvalue weighted by Crippen LogP contribution is -2.31. The highest BCUT2D eigenvalue weighted by Gasteiger charge is 2.27. The summed E-state index contributed by atoms with van der Waals surface area (Å²) in [5.41, 5.74) is 1.19. The lowest BCUT2D eigenvalue weighted by molar-refractivity contribution is -0.130. The fraction of sp³-hybridized carbons (Fsp3) is 0.429. The molecule has 6 nitrogen and oxygen atoms in total. The largest absolute Gasteiger partial charge is 0.488 e. The molecule has 1 fully saturated rings. The molecular weight excluding hydrogens is 462 g/mol. The first-order chi connectivity index (χ1) is 14.2. The minimum atomic E-state index is -2.92. The molecule has 1 aliphatic heterocycles. The number of benzene rings is 1. The third kappa shape index (κ3) is 5.59. The van der Waals surface area contributed by atoms with Crippen molar-refractivity contribution in [1.82, 2.24) is 9.47 Å². The molecule has 2 heterocycles. The minimum Gasteiger partial charge on any atom is -0.488 e. The molecule has 9 heteroatoms. The zero-order chi connectivity index (χ0) is 21.8. The van der Waals surface area contributed by atoms with Gasteiger partial charge in [0.05, 0.1) is 6.54 Å². The number of carbonyl (C=O) groups excluding carboxylic acids is 1. The molecule has 0 bridgehead atoms. The number of aryl methyl sites for hydroxylation is 2. The molecule has 1 unspecified atom stereocenters. The number of nitrogens with zero attached hydrogens (tertiary/aromatic N) is 2. The van der Waals surface area contributed by atoms with Crippen molar-refractivity contribution in [3.63, 3.8) is 0 Å². The number of halogens is 3. The van der Waals surface area contributed by atoms with Crippen LogP contribution < -0.4 is 15.0 Å². The third-order valence-corrected chi connectivity index (χ3v) is 5.62. The van der Waals surface area contributed by atoms with Gasteiger partial charge < -0.3 is 18.9 Å². The summed E-state index contributed by atoms with van der Waals surface area (Å²) in [5, 5.41) is 0. The van der Waals surface area contributed by atoms with E-state index in [1.807, 2.05) is 6.92 Å². The summed E-state index contributed by atoms with van der Waals surface area (Å²) in [7, 11) is 1.69. The maximum Gasteiger partial charge on any atom is 0.387 e. The van der Waals surface area contributed by atoms with Crippen LogP contribution in [0.3, 0.4) is 0 Å². The van der Waals surface area contributed by atoms with Crippen LogP contribution in [-0.2, 0) is 18.3 Å². The summed E-state index contributed by atoms with van der Waals surface area (Å²) in [5.74, 6) is 0.492. The van der Waals surface area contributed by atoms with Gasteiger partial charge >= 0.3 is 6.61 Å². The van der Waals surface area contributed by atoms with E-state index in [1.165, 1.54) is 16.7 Å². The van der Waals surface area contributed by atoms with Gasteiger partial charge in [-0.25, -0.2) is 0 Å². The number of ether oxygens (including phenoxy) is 2. The third-order valence-electron chi connectivity index (χ3n) is 5.12. The number of alkyl halides is 2. The second kappa shape index (κ2) is 9.59. The highest BCUT2D eigenvalue weighted by molar-refractivity contribution is 9.10. The molecule has 1 atom stereocenters. The molecule has 1 amide bonds. The van der Waals surface area contributed by atoms with E-state index in [1.54, 1.807) is 30.1 Å². The molecule has 0 spiro atoms. The smallest absolute Gasteiger partial charge is 0.387 e. The Labute approximate surface area is 181 Å². The number of hydrogen-bond acceptors (Lipinski definition) is 4. The first kappa shape index (κ1) is 22.3. The van der Waals surface area contributed by atoms with Gasteiger partial charge in [0, 0.05) is 42.7 Å². The molecular formula is C21H23BrF2N2O4. The molecule has 1 saturated heterocycles. The van der Waals surface area contributed by atoms with Crippen molar-refractivity contribution in [2.24, 2.45) is 7.05 Å². The van der Waals surface area contributed by atoms with Crippen molar-refractivity contribution in [2.75, 3.05) is 13.1 Å². The van der Waals surface area contributed by atoms with Crippen molar-refractivity contribution in [2.45, 2.75) is 38.9 Å². The number of amides is 1. The number of hydrogen-bond donors (Lipinski definition) is 0. The van der Waals surface area contributed by atoms with E-state index < -0.39 is 6.61 Å². The second-order valence-electron chi connectivity index (χ2n) is 7.23. The SMILES string of the molecule is Cc1cc(OC2CCN(C(=O)CCc3cc(Br)ccc3OC(F)F)C2)cc(=O)n1C. The van der Waals surface area contributed by atoms with Crippen LogP contribution in [0.4, 0.5) is 8.78 Å². The zero-order valence-electron chi connectivity index (χ0n) is 16.7. The Hall–Kier alpha value is -2.42. The maximum absolute atomic E-state index is 12.6. The van der Waals surface area contributed by atoms with Gasteiger partial charge in [-0.15, -0.1) is 0 Å². The number of rotatable bonds is 7. The zero-order valence-corrected chi connectivity index (χ0v) is 18.3. The first-order valence-corrected chi connectivity index (χ1v) is 10.4. The van der Waals surface area contributed by atoms with E-state index in [0.29, 0.717) is 30.8 Å². The molecule has 1 aliphatic rings. The van der Waals surface area contributed by atoms with Gasteiger partial charge in [0.25, 0.3) is 5.56 Å². The molecule has 0 radical (unpaired) electrons. The fourth-order valence-corrected chi connectivity index (χ4v) is 3.81. The topological polar surface area (TPSA) is 60.8 Å².